The Bertz CT molecular complexity index is 621. The fraction of sp³-hybridized carbons (Fsp3) is 0.556. The van der Waals surface area contributed by atoms with E-state index in [1.165, 1.54) is 11.0 Å². The van der Waals surface area contributed by atoms with Crippen molar-refractivity contribution in [2.24, 2.45) is 4.99 Å². The zero-order valence-electron chi connectivity index (χ0n) is 16.1. The Morgan fingerprint density at radius 2 is 1.89 bits per heavy atom. The molecule has 0 bridgehead atoms. The van der Waals surface area contributed by atoms with Gasteiger partial charge in [-0.3, -0.25) is 4.79 Å². The fourth-order valence-electron chi connectivity index (χ4n) is 2.14. The summed E-state index contributed by atoms with van der Waals surface area (Å²) in [5.41, 5.74) is -0.233. The van der Waals surface area contributed by atoms with Crippen LogP contribution in [0.1, 0.15) is 30.9 Å². The predicted molar refractivity (Wildman–Crippen MR) is 112 cm³/mol. The number of likely N-dealkylation sites (N-methyl/N-ethyl adjacent to an activating group) is 1. The zero-order chi connectivity index (χ0) is 19.7. The van der Waals surface area contributed by atoms with E-state index in [1.54, 1.807) is 20.2 Å². The smallest absolute Gasteiger partial charge is 0.347 e. The van der Waals surface area contributed by atoms with Crippen molar-refractivity contribution in [3.8, 4) is 0 Å². The summed E-state index contributed by atoms with van der Waals surface area (Å²) in [5, 5.41) is 2.99. The molecule has 0 aliphatic carbocycles. The molecular formula is C18H28F3IN4O. The van der Waals surface area contributed by atoms with Crippen molar-refractivity contribution >= 4 is 35.8 Å². The molecule has 0 spiro atoms. The van der Waals surface area contributed by atoms with Crippen molar-refractivity contribution in [3.05, 3.63) is 35.4 Å². The van der Waals surface area contributed by atoms with Crippen LogP contribution in [0.4, 0.5) is 13.2 Å². The Kier molecular flexibility index (Phi) is 11.4. The minimum atomic E-state index is -4.38. The number of nitrogens with zero attached hydrogens (tertiary/aromatic N) is 3. The molecule has 1 aromatic rings. The van der Waals surface area contributed by atoms with Gasteiger partial charge in [-0.1, -0.05) is 25.5 Å². The third-order valence-electron chi connectivity index (χ3n) is 3.77. The van der Waals surface area contributed by atoms with Crippen LogP contribution in [0.2, 0.25) is 0 Å². The number of hydrogen-bond donors (Lipinski definition) is 1. The number of carbonyl (C=O) groups excluding carboxylic acids is 1. The largest absolute Gasteiger partial charge is 0.416 e. The lowest BCUT2D eigenvalue weighted by atomic mass is 10.1. The van der Waals surface area contributed by atoms with Gasteiger partial charge < -0.3 is 15.1 Å². The number of amides is 1. The maximum atomic E-state index is 12.8. The molecule has 1 amide bonds. The average Bonchev–Trinajstić information content (AvgIpc) is 2.58. The molecule has 0 aromatic heterocycles. The standard InChI is InChI=1S/C18H27F3N4O.HI/c1-5-6-10-25(4)17(23-13-16(26)24(2)3)22-12-14-8-7-9-15(11-14)18(19,20)21;/h7-9,11H,5-6,10,12-13H2,1-4H3,(H,22,23);1H. The molecule has 0 fully saturated rings. The van der Waals surface area contributed by atoms with E-state index in [4.69, 9.17) is 0 Å². The maximum Gasteiger partial charge on any atom is 0.416 e. The first-order valence-electron chi connectivity index (χ1n) is 8.51. The van der Waals surface area contributed by atoms with Gasteiger partial charge >= 0.3 is 6.18 Å². The Hall–Kier alpha value is -1.52. The molecule has 0 aliphatic rings. The molecule has 1 N–H and O–H groups in total. The van der Waals surface area contributed by atoms with E-state index in [-0.39, 0.29) is 43.0 Å². The second-order valence-electron chi connectivity index (χ2n) is 6.25. The molecule has 9 heteroatoms. The molecule has 154 valence electrons. The lowest BCUT2D eigenvalue weighted by Crippen LogP contribution is -2.44. The van der Waals surface area contributed by atoms with Crippen molar-refractivity contribution in [1.29, 1.82) is 0 Å². The van der Waals surface area contributed by atoms with Gasteiger partial charge in [-0.2, -0.15) is 13.2 Å². The minimum Gasteiger partial charge on any atom is -0.347 e. The highest BCUT2D eigenvalue weighted by atomic mass is 127. The predicted octanol–water partition coefficient (Wildman–Crippen LogP) is 3.59. The van der Waals surface area contributed by atoms with Gasteiger partial charge in [0.1, 0.15) is 0 Å². The molecule has 0 unspecified atom stereocenters. The molecule has 0 heterocycles. The first-order valence-corrected chi connectivity index (χ1v) is 8.51. The van der Waals surface area contributed by atoms with Gasteiger partial charge in [0, 0.05) is 27.7 Å². The van der Waals surface area contributed by atoms with Crippen LogP contribution in [0.5, 0.6) is 0 Å². The highest BCUT2D eigenvalue weighted by Crippen LogP contribution is 2.29. The van der Waals surface area contributed by atoms with Gasteiger partial charge in [-0.05, 0) is 24.1 Å². The van der Waals surface area contributed by atoms with Crippen molar-refractivity contribution in [2.75, 3.05) is 34.2 Å². The second-order valence-corrected chi connectivity index (χ2v) is 6.25. The van der Waals surface area contributed by atoms with Crippen molar-refractivity contribution in [3.63, 3.8) is 0 Å². The molecule has 1 aromatic carbocycles. The van der Waals surface area contributed by atoms with Gasteiger partial charge in [-0.15, -0.1) is 24.0 Å². The minimum absolute atomic E-state index is 0. The van der Waals surface area contributed by atoms with Crippen LogP contribution in [0.15, 0.2) is 29.3 Å². The number of aliphatic imine (C=N–C) groups is 1. The number of alkyl halides is 3. The van der Waals surface area contributed by atoms with Gasteiger partial charge in [0.15, 0.2) is 5.96 Å². The number of hydrogen-bond acceptors (Lipinski definition) is 2. The van der Waals surface area contributed by atoms with E-state index >= 15 is 0 Å². The number of unbranched alkanes of at least 4 members (excludes halogenated alkanes) is 1. The number of nitrogens with one attached hydrogen (secondary N) is 1. The first-order chi connectivity index (χ1) is 12.1. The van der Waals surface area contributed by atoms with E-state index in [2.05, 4.69) is 17.2 Å². The molecular weight excluding hydrogens is 472 g/mol. The van der Waals surface area contributed by atoms with Crippen LogP contribution < -0.4 is 5.32 Å². The summed E-state index contributed by atoms with van der Waals surface area (Å²) in [4.78, 5) is 19.5. The Morgan fingerprint density at radius 3 is 2.44 bits per heavy atom. The van der Waals surface area contributed by atoms with Crippen LogP contribution in [0.25, 0.3) is 0 Å². The topological polar surface area (TPSA) is 47.9 Å². The van der Waals surface area contributed by atoms with Crippen LogP contribution in [-0.2, 0) is 17.5 Å². The SMILES string of the molecule is CCCCN(C)C(=NCc1cccc(C(F)(F)F)c1)NCC(=O)N(C)C.I. The Labute approximate surface area is 176 Å². The molecule has 27 heavy (non-hydrogen) atoms. The van der Waals surface area contributed by atoms with E-state index < -0.39 is 11.7 Å². The third-order valence-corrected chi connectivity index (χ3v) is 3.77. The Balaban J connectivity index is 0.00000676. The highest BCUT2D eigenvalue weighted by molar-refractivity contribution is 14.0. The number of rotatable bonds is 7. The lowest BCUT2D eigenvalue weighted by Gasteiger charge is -2.23. The van der Waals surface area contributed by atoms with Gasteiger partial charge in [0.25, 0.3) is 0 Å². The lowest BCUT2D eigenvalue weighted by molar-refractivity contribution is -0.137. The van der Waals surface area contributed by atoms with Gasteiger partial charge in [0.05, 0.1) is 18.7 Å². The average molecular weight is 500 g/mol. The van der Waals surface area contributed by atoms with Crippen LogP contribution in [0, 0.1) is 0 Å². The molecule has 0 saturated carbocycles. The highest BCUT2D eigenvalue weighted by Gasteiger charge is 2.30. The molecule has 0 radical (unpaired) electrons. The van der Waals surface area contributed by atoms with Gasteiger partial charge in [0.2, 0.25) is 5.91 Å². The third kappa shape index (κ3) is 9.30. The second kappa shape index (κ2) is 12.0. The number of benzene rings is 1. The summed E-state index contributed by atoms with van der Waals surface area (Å²) in [6.45, 7) is 2.97. The van der Waals surface area contributed by atoms with Crippen LogP contribution >= 0.6 is 24.0 Å². The monoisotopic (exact) mass is 500 g/mol. The number of halogens is 4. The van der Waals surface area contributed by atoms with Crippen molar-refractivity contribution < 1.29 is 18.0 Å². The van der Waals surface area contributed by atoms with Gasteiger partial charge in [-0.25, -0.2) is 4.99 Å². The summed E-state index contributed by atoms with van der Waals surface area (Å²) in [7, 11) is 5.16. The fourth-order valence-corrected chi connectivity index (χ4v) is 2.14. The first kappa shape index (κ1) is 25.5. The maximum absolute atomic E-state index is 12.8. The van der Waals surface area contributed by atoms with Crippen molar-refractivity contribution in [2.45, 2.75) is 32.5 Å². The summed E-state index contributed by atoms with van der Waals surface area (Å²) in [6.07, 6.45) is -2.43. The Morgan fingerprint density at radius 1 is 1.22 bits per heavy atom. The normalized spacial score (nSPS) is 11.6. The molecule has 5 nitrogen and oxygen atoms in total. The van der Waals surface area contributed by atoms with E-state index in [9.17, 15) is 18.0 Å². The zero-order valence-corrected chi connectivity index (χ0v) is 18.5. The molecule has 0 saturated heterocycles. The molecule has 0 aliphatic heterocycles. The molecule has 0 atom stereocenters. The quantitative estimate of drug-likeness (QED) is 0.354. The summed E-state index contributed by atoms with van der Waals surface area (Å²) < 4.78 is 38.5. The number of carbonyl (C=O) groups is 1. The van der Waals surface area contributed by atoms with E-state index in [0.717, 1.165) is 31.5 Å². The van der Waals surface area contributed by atoms with Crippen molar-refractivity contribution in [1.82, 2.24) is 15.1 Å². The summed E-state index contributed by atoms with van der Waals surface area (Å²) >= 11 is 0. The van der Waals surface area contributed by atoms with E-state index in [0.29, 0.717) is 11.5 Å². The summed E-state index contributed by atoms with van der Waals surface area (Å²) in [5.74, 6) is 0.381. The summed E-state index contributed by atoms with van der Waals surface area (Å²) in [6, 6.07) is 5.11. The molecule has 1 rings (SSSR count). The van der Waals surface area contributed by atoms with Crippen LogP contribution in [-0.4, -0.2) is 55.9 Å². The number of guanidine groups is 1. The van der Waals surface area contributed by atoms with Crippen LogP contribution in [0.3, 0.4) is 0 Å². The van der Waals surface area contributed by atoms with E-state index in [1.807, 2.05) is 11.9 Å².